The second-order valence-electron chi connectivity index (χ2n) is 6.88. The number of hydrogen-bond acceptors (Lipinski definition) is 4. The lowest BCUT2D eigenvalue weighted by molar-refractivity contribution is -0.0778. The highest BCUT2D eigenvalue weighted by Crippen LogP contribution is 2.47. The number of nitrogens with one attached hydrogen (secondary N) is 1. The normalized spacial score (nSPS) is 25.6. The first kappa shape index (κ1) is 15.4. The standard InChI is InChI=1S/C16H27N3O/c1-6-7-19-14(12-9-17-11-18-10-12)13-8-15(2,3)20-16(13,4)5/h9-11,13-14,19H,6-8H2,1-5H3. The van der Waals surface area contributed by atoms with Gasteiger partial charge in [-0.05, 0) is 47.1 Å². The van der Waals surface area contributed by atoms with E-state index in [0.29, 0.717) is 5.92 Å². The Bertz CT molecular complexity index is 431. The molecule has 0 bridgehead atoms. The van der Waals surface area contributed by atoms with Crippen molar-refractivity contribution in [3.05, 3.63) is 24.3 Å². The molecule has 4 heteroatoms. The molecule has 0 amide bonds. The predicted molar refractivity (Wildman–Crippen MR) is 80.4 cm³/mol. The Balaban J connectivity index is 2.27. The maximum absolute atomic E-state index is 6.25. The lowest BCUT2D eigenvalue weighted by Crippen LogP contribution is -2.39. The number of hydrogen-bond donors (Lipinski definition) is 1. The van der Waals surface area contributed by atoms with Gasteiger partial charge in [0.1, 0.15) is 6.33 Å². The van der Waals surface area contributed by atoms with E-state index in [1.54, 1.807) is 6.33 Å². The minimum absolute atomic E-state index is 0.0735. The highest BCUT2D eigenvalue weighted by Gasteiger charge is 2.49. The Morgan fingerprint density at radius 2 is 1.95 bits per heavy atom. The van der Waals surface area contributed by atoms with Crippen molar-refractivity contribution in [1.29, 1.82) is 0 Å². The van der Waals surface area contributed by atoms with Gasteiger partial charge < -0.3 is 10.1 Å². The smallest absolute Gasteiger partial charge is 0.115 e. The van der Waals surface area contributed by atoms with Gasteiger partial charge in [0.2, 0.25) is 0 Å². The van der Waals surface area contributed by atoms with Crippen LogP contribution in [-0.2, 0) is 4.74 Å². The van der Waals surface area contributed by atoms with Crippen molar-refractivity contribution >= 4 is 0 Å². The van der Waals surface area contributed by atoms with Crippen LogP contribution in [0.2, 0.25) is 0 Å². The van der Waals surface area contributed by atoms with E-state index in [1.165, 1.54) is 0 Å². The minimum atomic E-state index is -0.148. The van der Waals surface area contributed by atoms with Gasteiger partial charge in [-0.3, -0.25) is 0 Å². The molecule has 20 heavy (non-hydrogen) atoms. The van der Waals surface area contributed by atoms with Crippen molar-refractivity contribution in [2.45, 2.75) is 64.7 Å². The van der Waals surface area contributed by atoms with E-state index in [0.717, 1.165) is 24.9 Å². The molecule has 1 N–H and O–H groups in total. The Kier molecular flexibility index (Phi) is 4.45. The van der Waals surface area contributed by atoms with Crippen LogP contribution in [0.15, 0.2) is 18.7 Å². The monoisotopic (exact) mass is 277 g/mol. The summed E-state index contributed by atoms with van der Waals surface area (Å²) in [5.74, 6) is 0.412. The zero-order chi connectivity index (χ0) is 14.8. The number of aromatic nitrogens is 2. The maximum Gasteiger partial charge on any atom is 0.115 e. The molecule has 1 aromatic heterocycles. The van der Waals surface area contributed by atoms with Crippen molar-refractivity contribution in [2.75, 3.05) is 6.54 Å². The van der Waals surface area contributed by atoms with Crippen LogP contribution in [0.25, 0.3) is 0 Å². The van der Waals surface area contributed by atoms with Gasteiger partial charge in [0.15, 0.2) is 0 Å². The molecule has 0 aliphatic carbocycles. The average molecular weight is 277 g/mol. The maximum atomic E-state index is 6.25. The van der Waals surface area contributed by atoms with Crippen LogP contribution in [0.5, 0.6) is 0 Å². The molecule has 1 fully saturated rings. The first-order chi connectivity index (χ1) is 9.36. The molecule has 0 aromatic carbocycles. The minimum Gasteiger partial charge on any atom is -0.369 e. The molecule has 112 valence electrons. The predicted octanol–water partition coefficient (Wildman–Crippen LogP) is 3.11. The molecule has 1 aliphatic heterocycles. The molecule has 1 aliphatic rings. The van der Waals surface area contributed by atoms with Gasteiger partial charge in [0.25, 0.3) is 0 Å². The van der Waals surface area contributed by atoms with E-state index in [4.69, 9.17) is 4.74 Å². The first-order valence-corrected chi connectivity index (χ1v) is 7.54. The van der Waals surface area contributed by atoms with Crippen LogP contribution in [0.3, 0.4) is 0 Å². The van der Waals surface area contributed by atoms with Crippen LogP contribution >= 0.6 is 0 Å². The molecule has 2 rings (SSSR count). The highest BCUT2D eigenvalue weighted by molar-refractivity contribution is 5.15. The molecule has 0 saturated carbocycles. The van der Waals surface area contributed by atoms with Crippen LogP contribution in [0.4, 0.5) is 0 Å². The van der Waals surface area contributed by atoms with Crippen molar-refractivity contribution in [3.8, 4) is 0 Å². The van der Waals surface area contributed by atoms with E-state index in [1.807, 2.05) is 12.4 Å². The van der Waals surface area contributed by atoms with E-state index in [2.05, 4.69) is 49.9 Å². The van der Waals surface area contributed by atoms with Crippen LogP contribution in [0, 0.1) is 5.92 Å². The van der Waals surface area contributed by atoms with Crippen molar-refractivity contribution in [3.63, 3.8) is 0 Å². The largest absolute Gasteiger partial charge is 0.369 e. The van der Waals surface area contributed by atoms with Crippen molar-refractivity contribution in [2.24, 2.45) is 5.92 Å². The second kappa shape index (κ2) is 5.78. The summed E-state index contributed by atoms with van der Waals surface area (Å²) in [6, 6.07) is 0.243. The molecule has 2 heterocycles. The Morgan fingerprint density at radius 1 is 1.30 bits per heavy atom. The zero-order valence-corrected chi connectivity index (χ0v) is 13.3. The molecule has 1 saturated heterocycles. The number of rotatable bonds is 5. The first-order valence-electron chi connectivity index (χ1n) is 7.54. The van der Waals surface area contributed by atoms with Gasteiger partial charge in [-0.25, -0.2) is 9.97 Å². The molecule has 1 aromatic rings. The summed E-state index contributed by atoms with van der Waals surface area (Å²) in [6.07, 6.45) is 7.57. The van der Waals surface area contributed by atoms with E-state index >= 15 is 0 Å². The fourth-order valence-electron chi connectivity index (χ4n) is 3.39. The highest BCUT2D eigenvalue weighted by atomic mass is 16.5. The van der Waals surface area contributed by atoms with Crippen molar-refractivity contribution in [1.82, 2.24) is 15.3 Å². The third kappa shape index (κ3) is 3.36. The SMILES string of the molecule is CCCNC(c1cncnc1)C1CC(C)(C)OC1(C)C. The van der Waals surface area contributed by atoms with Crippen LogP contribution < -0.4 is 5.32 Å². The average Bonchev–Trinajstić information content (AvgIpc) is 2.59. The fraction of sp³-hybridized carbons (Fsp3) is 0.750. The second-order valence-corrected chi connectivity index (χ2v) is 6.88. The van der Waals surface area contributed by atoms with Gasteiger partial charge >= 0.3 is 0 Å². The van der Waals surface area contributed by atoms with Gasteiger partial charge in [0.05, 0.1) is 11.2 Å². The Labute approximate surface area is 122 Å². The van der Waals surface area contributed by atoms with Crippen molar-refractivity contribution < 1.29 is 4.74 Å². The summed E-state index contributed by atoms with van der Waals surface area (Å²) in [7, 11) is 0. The van der Waals surface area contributed by atoms with E-state index in [-0.39, 0.29) is 17.2 Å². The molecular formula is C16H27N3O. The molecule has 0 radical (unpaired) electrons. The zero-order valence-electron chi connectivity index (χ0n) is 13.3. The number of ether oxygens (including phenoxy) is 1. The molecule has 4 nitrogen and oxygen atoms in total. The molecule has 2 unspecified atom stereocenters. The summed E-state index contributed by atoms with van der Waals surface area (Å²) < 4.78 is 6.25. The topological polar surface area (TPSA) is 47.0 Å². The lowest BCUT2D eigenvalue weighted by Gasteiger charge is -2.33. The molecule has 0 spiro atoms. The van der Waals surface area contributed by atoms with Gasteiger partial charge in [-0.15, -0.1) is 0 Å². The summed E-state index contributed by atoms with van der Waals surface area (Å²) in [5.41, 5.74) is 0.932. The summed E-state index contributed by atoms with van der Waals surface area (Å²) in [4.78, 5) is 8.35. The fourth-order valence-corrected chi connectivity index (χ4v) is 3.39. The van der Waals surface area contributed by atoms with Crippen LogP contribution in [-0.4, -0.2) is 27.7 Å². The summed E-state index contributed by atoms with van der Waals surface area (Å²) in [5, 5.41) is 3.66. The Morgan fingerprint density at radius 3 is 2.45 bits per heavy atom. The van der Waals surface area contributed by atoms with Gasteiger partial charge in [0, 0.05) is 29.9 Å². The molecule has 2 atom stereocenters. The van der Waals surface area contributed by atoms with Gasteiger partial charge in [-0.1, -0.05) is 6.92 Å². The third-order valence-electron chi connectivity index (χ3n) is 4.10. The lowest BCUT2D eigenvalue weighted by atomic mass is 9.79. The van der Waals surface area contributed by atoms with Gasteiger partial charge in [-0.2, -0.15) is 0 Å². The third-order valence-corrected chi connectivity index (χ3v) is 4.10. The Hall–Kier alpha value is -1.00. The van der Waals surface area contributed by atoms with E-state index in [9.17, 15) is 0 Å². The summed E-state index contributed by atoms with van der Waals surface area (Å²) in [6.45, 7) is 11.9. The summed E-state index contributed by atoms with van der Waals surface area (Å²) >= 11 is 0. The van der Waals surface area contributed by atoms with Crippen LogP contribution in [0.1, 0.15) is 59.1 Å². The van der Waals surface area contributed by atoms with E-state index < -0.39 is 0 Å². The molecular weight excluding hydrogens is 250 g/mol. The quantitative estimate of drug-likeness (QED) is 0.898. The number of nitrogens with zero attached hydrogens (tertiary/aromatic N) is 2.